The van der Waals surface area contributed by atoms with Crippen molar-refractivity contribution in [1.82, 2.24) is 0 Å². The minimum Gasteiger partial charge on any atom is -0.138 e. The van der Waals surface area contributed by atoms with Gasteiger partial charge < -0.3 is 0 Å². The van der Waals surface area contributed by atoms with Crippen molar-refractivity contribution in [1.29, 1.82) is 0 Å². The smallest absolute Gasteiger partial charge is 0.0994 e. The van der Waals surface area contributed by atoms with Crippen LogP contribution >= 0.6 is 57.5 Å². The standard InChI is InChI=1S/C13H7Cl3S2/c14-11-6-8(13(16)18-11)12(15)10-5-7-3-1-2-4-9(7)17-10/h1-6,12H. The number of thiophene rings is 2. The fraction of sp³-hybridized carbons (Fsp3) is 0.0769. The summed E-state index contributed by atoms with van der Waals surface area (Å²) in [7, 11) is 0. The first-order valence-corrected chi connectivity index (χ1v) is 8.05. The minimum atomic E-state index is -0.237. The maximum Gasteiger partial charge on any atom is 0.0994 e. The third kappa shape index (κ3) is 2.28. The van der Waals surface area contributed by atoms with Crippen molar-refractivity contribution < 1.29 is 0 Å². The fourth-order valence-electron chi connectivity index (χ4n) is 1.81. The number of fused-ring (bicyclic) bond motifs is 1. The first-order chi connectivity index (χ1) is 8.65. The summed E-state index contributed by atoms with van der Waals surface area (Å²) in [6.45, 7) is 0. The molecular formula is C13H7Cl3S2. The molecule has 0 saturated carbocycles. The van der Waals surface area contributed by atoms with Crippen molar-refractivity contribution in [3.05, 3.63) is 55.5 Å². The van der Waals surface area contributed by atoms with Gasteiger partial charge in [-0.2, -0.15) is 0 Å². The Morgan fingerprint density at radius 2 is 1.78 bits per heavy atom. The predicted molar refractivity (Wildman–Crippen MR) is 83.9 cm³/mol. The molecule has 0 amide bonds. The highest BCUT2D eigenvalue weighted by Crippen LogP contribution is 2.43. The number of hydrogen-bond acceptors (Lipinski definition) is 2. The Morgan fingerprint density at radius 1 is 1.00 bits per heavy atom. The first kappa shape index (κ1) is 12.8. The van der Waals surface area contributed by atoms with Crippen LogP contribution in [0.2, 0.25) is 8.67 Å². The Morgan fingerprint density at radius 3 is 2.44 bits per heavy atom. The Bertz CT molecular complexity index is 666. The van der Waals surface area contributed by atoms with E-state index < -0.39 is 0 Å². The molecular weight excluding hydrogens is 327 g/mol. The van der Waals surface area contributed by atoms with Gasteiger partial charge in [0.25, 0.3) is 0 Å². The van der Waals surface area contributed by atoms with Crippen LogP contribution in [0.5, 0.6) is 0 Å². The predicted octanol–water partition coefficient (Wildman–Crippen LogP) is 6.60. The maximum atomic E-state index is 6.50. The zero-order valence-electron chi connectivity index (χ0n) is 8.99. The lowest BCUT2D eigenvalue weighted by Crippen LogP contribution is -1.87. The summed E-state index contributed by atoms with van der Waals surface area (Å²) in [6.07, 6.45) is 0. The highest BCUT2D eigenvalue weighted by molar-refractivity contribution is 7.20. The fourth-order valence-corrected chi connectivity index (χ4v) is 4.89. The molecule has 0 nitrogen and oxygen atoms in total. The van der Waals surface area contributed by atoms with E-state index in [1.165, 1.54) is 21.4 Å². The van der Waals surface area contributed by atoms with Gasteiger partial charge in [-0.1, -0.05) is 41.4 Å². The van der Waals surface area contributed by atoms with E-state index in [1.807, 2.05) is 18.2 Å². The van der Waals surface area contributed by atoms with Crippen molar-refractivity contribution >= 4 is 67.6 Å². The van der Waals surface area contributed by atoms with E-state index in [-0.39, 0.29) is 5.38 Å². The molecule has 1 unspecified atom stereocenters. The summed E-state index contributed by atoms with van der Waals surface area (Å²) in [6, 6.07) is 12.2. The van der Waals surface area contributed by atoms with Crippen LogP contribution in [0.4, 0.5) is 0 Å². The molecule has 0 aliphatic carbocycles. The van der Waals surface area contributed by atoms with Gasteiger partial charge in [0, 0.05) is 15.1 Å². The first-order valence-electron chi connectivity index (χ1n) is 5.22. The summed E-state index contributed by atoms with van der Waals surface area (Å²) >= 11 is 21.6. The van der Waals surface area contributed by atoms with Crippen LogP contribution in [-0.2, 0) is 0 Å². The lowest BCUT2D eigenvalue weighted by molar-refractivity contribution is 1.21. The normalized spacial score (nSPS) is 13.1. The summed E-state index contributed by atoms with van der Waals surface area (Å²) in [5.41, 5.74) is 0.889. The van der Waals surface area contributed by atoms with E-state index in [1.54, 1.807) is 11.3 Å². The van der Waals surface area contributed by atoms with Gasteiger partial charge in [0.1, 0.15) is 0 Å². The molecule has 0 saturated heterocycles. The van der Waals surface area contributed by atoms with Crippen molar-refractivity contribution in [3.8, 4) is 0 Å². The monoisotopic (exact) mass is 332 g/mol. The molecule has 1 aromatic carbocycles. The second kappa shape index (κ2) is 5.03. The highest BCUT2D eigenvalue weighted by atomic mass is 35.5. The van der Waals surface area contributed by atoms with Crippen LogP contribution in [0, 0.1) is 0 Å². The summed E-state index contributed by atoms with van der Waals surface area (Å²) < 4.78 is 2.56. The van der Waals surface area contributed by atoms with Crippen LogP contribution < -0.4 is 0 Å². The van der Waals surface area contributed by atoms with Gasteiger partial charge in [-0.3, -0.25) is 0 Å². The van der Waals surface area contributed by atoms with Gasteiger partial charge in [0.15, 0.2) is 0 Å². The topological polar surface area (TPSA) is 0 Å². The van der Waals surface area contributed by atoms with Crippen molar-refractivity contribution in [2.45, 2.75) is 5.38 Å². The van der Waals surface area contributed by atoms with E-state index in [9.17, 15) is 0 Å². The highest BCUT2D eigenvalue weighted by Gasteiger charge is 2.19. The Hall–Kier alpha value is -0.250. The third-order valence-corrected chi connectivity index (χ3v) is 5.95. The Kier molecular flexibility index (Phi) is 3.57. The van der Waals surface area contributed by atoms with Crippen LogP contribution in [0.25, 0.3) is 10.1 Å². The summed E-state index contributed by atoms with van der Waals surface area (Å²) in [4.78, 5) is 1.09. The zero-order chi connectivity index (χ0) is 12.7. The molecule has 3 rings (SSSR count). The molecule has 92 valence electrons. The SMILES string of the molecule is Clc1cc(C(Cl)c2cc3ccccc3s2)c(Cl)s1. The number of rotatable bonds is 2. The summed E-state index contributed by atoms with van der Waals surface area (Å²) in [5, 5.41) is 0.972. The molecule has 3 aromatic rings. The van der Waals surface area contributed by atoms with Crippen molar-refractivity contribution in [3.63, 3.8) is 0 Å². The second-order valence-corrected chi connectivity index (χ2v) is 7.67. The van der Waals surface area contributed by atoms with Gasteiger partial charge in [-0.05, 0) is 23.6 Å². The molecule has 0 spiro atoms. The molecule has 5 heteroatoms. The lowest BCUT2D eigenvalue weighted by Gasteiger charge is -2.04. The van der Waals surface area contributed by atoms with Crippen LogP contribution in [0.15, 0.2) is 36.4 Å². The van der Waals surface area contributed by atoms with Gasteiger partial charge in [-0.15, -0.1) is 34.3 Å². The Labute approximate surface area is 128 Å². The minimum absolute atomic E-state index is 0.237. The second-order valence-electron chi connectivity index (χ2n) is 3.83. The number of halogens is 3. The molecule has 0 N–H and O–H groups in total. The quantitative estimate of drug-likeness (QED) is 0.463. The van der Waals surface area contributed by atoms with E-state index in [0.29, 0.717) is 8.67 Å². The lowest BCUT2D eigenvalue weighted by atomic mass is 10.2. The molecule has 0 aliphatic rings. The van der Waals surface area contributed by atoms with Crippen LogP contribution in [0.1, 0.15) is 15.8 Å². The average Bonchev–Trinajstić information content (AvgIpc) is 2.91. The molecule has 0 bridgehead atoms. The van der Waals surface area contributed by atoms with E-state index in [0.717, 1.165) is 10.4 Å². The molecule has 0 aliphatic heterocycles. The van der Waals surface area contributed by atoms with E-state index in [4.69, 9.17) is 34.8 Å². The third-order valence-electron chi connectivity index (χ3n) is 2.65. The number of hydrogen-bond donors (Lipinski definition) is 0. The molecule has 2 aromatic heterocycles. The number of alkyl halides is 1. The van der Waals surface area contributed by atoms with E-state index >= 15 is 0 Å². The van der Waals surface area contributed by atoms with Crippen molar-refractivity contribution in [2.75, 3.05) is 0 Å². The zero-order valence-corrected chi connectivity index (χ0v) is 12.9. The van der Waals surface area contributed by atoms with Crippen LogP contribution in [0.3, 0.4) is 0 Å². The summed E-state index contributed by atoms with van der Waals surface area (Å²) in [5.74, 6) is 0. The van der Waals surface area contributed by atoms with Gasteiger partial charge in [0.2, 0.25) is 0 Å². The maximum absolute atomic E-state index is 6.50. The average molecular weight is 334 g/mol. The van der Waals surface area contributed by atoms with Crippen molar-refractivity contribution in [2.24, 2.45) is 0 Å². The van der Waals surface area contributed by atoms with Gasteiger partial charge in [-0.25, -0.2) is 0 Å². The van der Waals surface area contributed by atoms with Crippen LogP contribution in [-0.4, -0.2) is 0 Å². The van der Waals surface area contributed by atoms with Gasteiger partial charge in [0.05, 0.1) is 14.0 Å². The molecule has 1 atom stereocenters. The van der Waals surface area contributed by atoms with E-state index in [2.05, 4.69) is 18.2 Å². The Balaban J connectivity index is 2.06. The largest absolute Gasteiger partial charge is 0.138 e. The molecule has 2 heterocycles. The molecule has 18 heavy (non-hydrogen) atoms. The molecule has 0 fully saturated rings. The van der Waals surface area contributed by atoms with Gasteiger partial charge >= 0.3 is 0 Å². The number of benzene rings is 1. The molecule has 0 radical (unpaired) electrons.